The Labute approximate surface area is 126 Å². The molecule has 3 heteroatoms. The van der Waals surface area contributed by atoms with E-state index in [4.69, 9.17) is 6.57 Å². The van der Waals surface area contributed by atoms with Gasteiger partial charge in [-0.15, -0.1) is 0 Å². The van der Waals surface area contributed by atoms with E-state index in [1.165, 1.54) is 30.2 Å². The first-order valence-corrected chi connectivity index (χ1v) is 7.76. The van der Waals surface area contributed by atoms with Crippen LogP contribution in [0.2, 0.25) is 0 Å². The largest absolute Gasteiger partial charge is 0.361 e. The van der Waals surface area contributed by atoms with Crippen molar-refractivity contribution in [3.63, 3.8) is 0 Å². The predicted molar refractivity (Wildman–Crippen MR) is 87.8 cm³/mol. The Kier molecular flexibility index (Phi) is 3.73. The molecule has 3 rings (SSSR count). The molecule has 0 amide bonds. The van der Waals surface area contributed by atoms with Crippen LogP contribution < -0.4 is 0 Å². The molecule has 110 valence electrons. The smallest absolute Gasteiger partial charge is 0.187 e. The maximum absolute atomic E-state index is 7.22. The van der Waals surface area contributed by atoms with Crippen LogP contribution in [0.5, 0.6) is 0 Å². The molecular formula is C18H23N3. The predicted octanol–water partition coefficient (Wildman–Crippen LogP) is 4.55. The molecule has 0 radical (unpaired) electrons. The van der Waals surface area contributed by atoms with E-state index in [1.54, 1.807) is 0 Å². The molecule has 1 saturated carbocycles. The lowest BCUT2D eigenvalue weighted by Gasteiger charge is -2.30. The van der Waals surface area contributed by atoms with Crippen LogP contribution in [0.25, 0.3) is 15.7 Å². The fraction of sp³-hybridized carbons (Fsp3) is 0.500. The number of nitrogens with one attached hydrogen (secondary N) is 1. The highest BCUT2D eigenvalue weighted by atomic mass is 15.1. The number of hydrogen-bond acceptors (Lipinski definition) is 1. The second-order valence-electron chi connectivity index (χ2n) is 6.49. The molecule has 0 spiro atoms. The van der Waals surface area contributed by atoms with Gasteiger partial charge in [0.1, 0.15) is 0 Å². The highest BCUT2D eigenvalue weighted by Crippen LogP contribution is 2.45. The maximum Gasteiger partial charge on any atom is 0.187 e. The van der Waals surface area contributed by atoms with Crippen molar-refractivity contribution in [3.8, 4) is 0 Å². The Morgan fingerprint density at radius 1 is 1.33 bits per heavy atom. The molecule has 2 aromatic rings. The van der Waals surface area contributed by atoms with Crippen molar-refractivity contribution in [2.75, 3.05) is 14.1 Å². The van der Waals surface area contributed by atoms with Crippen LogP contribution in [0, 0.1) is 12.5 Å². The molecule has 1 fully saturated rings. The van der Waals surface area contributed by atoms with E-state index in [-0.39, 0.29) is 0 Å². The monoisotopic (exact) mass is 281 g/mol. The summed E-state index contributed by atoms with van der Waals surface area (Å²) < 4.78 is 0. The van der Waals surface area contributed by atoms with Gasteiger partial charge in [-0.3, -0.25) is 0 Å². The lowest BCUT2D eigenvalue weighted by molar-refractivity contribution is 0.216. The summed E-state index contributed by atoms with van der Waals surface area (Å²) in [7, 11) is 4.35. The molecule has 3 nitrogen and oxygen atoms in total. The van der Waals surface area contributed by atoms with Crippen LogP contribution in [0.4, 0.5) is 5.69 Å². The number of aromatic nitrogens is 1. The van der Waals surface area contributed by atoms with E-state index in [9.17, 15) is 0 Å². The molecule has 0 bridgehead atoms. The van der Waals surface area contributed by atoms with Gasteiger partial charge in [-0.05, 0) is 68.8 Å². The lowest BCUT2D eigenvalue weighted by atomic mass is 9.84. The van der Waals surface area contributed by atoms with Gasteiger partial charge in [0.2, 0.25) is 0 Å². The van der Waals surface area contributed by atoms with E-state index in [1.807, 2.05) is 18.2 Å². The third-order valence-corrected chi connectivity index (χ3v) is 5.23. The molecule has 1 N–H and O–H groups in total. The maximum atomic E-state index is 7.22. The minimum absolute atomic E-state index is 0.589. The van der Waals surface area contributed by atoms with E-state index >= 15 is 0 Å². The summed E-state index contributed by atoms with van der Waals surface area (Å²) in [5.41, 5.74) is 3.30. The fourth-order valence-corrected chi connectivity index (χ4v) is 3.84. The summed E-state index contributed by atoms with van der Waals surface area (Å²) in [5, 5.41) is 1.24. The average molecular weight is 281 g/mol. The standard InChI is InChI=1S/C18H23N3/c1-12(21(3)4)14-6-5-7-15(14)17-11-20-18-9-8-13(19-2)10-16(17)18/h8-12,14-15,20H,5-7H2,1,3-4H3/t12?,14-,15+/m1/s1. The number of hydrogen-bond donors (Lipinski definition) is 1. The van der Waals surface area contributed by atoms with Gasteiger partial charge in [-0.2, -0.15) is 0 Å². The van der Waals surface area contributed by atoms with Gasteiger partial charge >= 0.3 is 0 Å². The topological polar surface area (TPSA) is 23.4 Å². The minimum Gasteiger partial charge on any atom is -0.361 e. The van der Waals surface area contributed by atoms with E-state index in [2.05, 4.69) is 41.9 Å². The summed E-state index contributed by atoms with van der Waals surface area (Å²) in [6, 6.07) is 6.56. The Morgan fingerprint density at radius 2 is 2.14 bits per heavy atom. The quantitative estimate of drug-likeness (QED) is 0.819. The third-order valence-electron chi connectivity index (χ3n) is 5.23. The number of aromatic amines is 1. The van der Waals surface area contributed by atoms with Crippen LogP contribution in [-0.4, -0.2) is 30.0 Å². The van der Waals surface area contributed by atoms with Crippen LogP contribution in [0.3, 0.4) is 0 Å². The summed E-state index contributed by atoms with van der Waals surface area (Å²) in [6.07, 6.45) is 6.05. The SMILES string of the molecule is [C-]#[N+]c1ccc2[nH]cc([C@H]3CCC[C@@H]3C(C)N(C)C)c2c1. The second kappa shape index (κ2) is 5.54. The lowest BCUT2D eigenvalue weighted by Crippen LogP contribution is -2.33. The molecule has 1 aliphatic rings. The molecule has 3 atom stereocenters. The van der Waals surface area contributed by atoms with Gasteiger partial charge < -0.3 is 9.88 Å². The highest BCUT2D eigenvalue weighted by Gasteiger charge is 2.34. The summed E-state index contributed by atoms with van der Waals surface area (Å²) in [4.78, 5) is 9.30. The molecule has 0 aliphatic heterocycles. The molecule has 1 aromatic carbocycles. The summed E-state index contributed by atoms with van der Waals surface area (Å²) >= 11 is 0. The van der Waals surface area contributed by atoms with E-state index in [0.29, 0.717) is 17.9 Å². The molecule has 1 unspecified atom stereocenters. The van der Waals surface area contributed by atoms with Gasteiger partial charge in [0.25, 0.3) is 0 Å². The molecule has 1 aliphatic carbocycles. The molecular weight excluding hydrogens is 258 g/mol. The Balaban J connectivity index is 2.01. The van der Waals surface area contributed by atoms with Crippen LogP contribution in [0.15, 0.2) is 24.4 Å². The molecule has 1 heterocycles. The number of rotatable bonds is 3. The van der Waals surface area contributed by atoms with E-state index in [0.717, 1.165) is 11.2 Å². The Morgan fingerprint density at radius 3 is 2.86 bits per heavy atom. The van der Waals surface area contributed by atoms with Crippen molar-refractivity contribution < 1.29 is 0 Å². The summed E-state index contributed by atoms with van der Waals surface area (Å²) in [6.45, 7) is 9.56. The summed E-state index contributed by atoms with van der Waals surface area (Å²) in [5.74, 6) is 1.31. The van der Waals surface area contributed by atoms with Crippen molar-refractivity contribution in [1.82, 2.24) is 9.88 Å². The van der Waals surface area contributed by atoms with Crippen molar-refractivity contribution in [2.45, 2.75) is 38.1 Å². The normalized spacial score (nSPS) is 23.6. The van der Waals surface area contributed by atoms with Crippen molar-refractivity contribution in [3.05, 3.63) is 41.4 Å². The molecule has 0 saturated heterocycles. The van der Waals surface area contributed by atoms with Crippen molar-refractivity contribution in [1.29, 1.82) is 0 Å². The zero-order chi connectivity index (χ0) is 15.0. The first-order valence-electron chi connectivity index (χ1n) is 7.76. The third kappa shape index (κ3) is 2.45. The van der Waals surface area contributed by atoms with Crippen molar-refractivity contribution in [2.24, 2.45) is 5.92 Å². The Hall–Kier alpha value is -1.79. The highest BCUT2D eigenvalue weighted by molar-refractivity contribution is 5.87. The van der Waals surface area contributed by atoms with E-state index < -0.39 is 0 Å². The number of nitrogens with zero attached hydrogens (tertiary/aromatic N) is 2. The average Bonchev–Trinajstić information content (AvgIpc) is 3.11. The number of fused-ring (bicyclic) bond motifs is 1. The molecule has 21 heavy (non-hydrogen) atoms. The molecule has 1 aromatic heterocycles. The second-order valence-corrected chi connectivity index (χ2v) is 6.49. The number of H-pyrrole nitrogens is 1. The Bertz CT molecular complexity index is 677. The first-order chi connectivity index (χ1) is 10.1. The van der Waals surface area contributed by atoms with Crippen LogP contribution in [0.1, 0.15) is 37.7 Å². The first kappa shape index (κ1) is 14.2. The fourth-order valence-electron chi connectivity index (χ4n) is 3.84. The van der Waals surface area contributed by atoms with Gasteiger partial charge in [0.15, 0.2) is 5.69 Å². The van der Waals surface area contributed by atoms with Gasteiger partial charge in [-0.1, -0.05) is 12.5 Å². The zero-order valence-electron chi connectivity index (χ0n) is 13.1. The van der Waals surface area contributed by atoms with Gasteiger partial charge in [-0.25, -0.2) is 4.85 Å². The van der Waals surface area contributed by atoms with Gasteiger partial charge in [0.05, 0.1) is 6.57 Å². The van der Waals surface area contributed by atoms with Crippen molar-refractivity contribution >= 4 is 16.6 Å². The zero-order valence-corrected chi connectivity index (χ0v) is 13.1. The van der Waals surface area contributed by atoms with Crippen LogP contribution >= 0.6 is 0 Å². The van der Waals surface area contributed by atoms with Crippen LogP contribution in [-0.2, 0) is 0 Å². The number of benzene rings is 1. The van der Waals surface area contributed by atoms with Gasteiger partial charge in [0, 0.05) is 17.8 Å². The minimum atomic E-state index is 0.589.